The van der Waals surface area contributed by atoms with Gasteiger partial charge in [0.2, 0.25) is 11.8 Å². The van der Waals surface area contributed by atoms with Gasteiger partial charge in [0.15, 0.2) is 0 Å². The van der Waals surface area contributed by atoms with E-state index in [2.05, 4.69) is 29.3 Å². The van der Waals surface area contributed by atoms with E-state index in [9.17, 15) is 29.1 Å². The molecule has 1 aliphatic carbocycles. The Balaban J connectivity index is 1.23. The van der Waals surface area contributed by atoms with Crippen LogP contribution in [0.3, 0.4) is 0 Å². The molecular weight excluding hydrogens is 755 g/mol. The third kappa shape index (κ3) is 9.47. The van der Waals surface area contributed by atoms with Crippen molar-refractivity contribution in [2.75, 3.05) is 26.2 Å². The number of carboxylic acids is 1. The van der Waals surface area contributed by atoms with Gasteiger partial charge in [-0.05, 0) is 102 Å². The molecule has 0 spiro atoms. The zero-order valence-corrected chi connectivity index (χ0v) is 34.1. The highest BCUT2D eigenvalue weighted by Crippen LogP contribution is 2.47. The fourth-order valence-corrected chi connectivity index (χ4v) is 8.64. The highest BCUT2D eigenvalue weighted by molar-refractivity contribution is 5.96. The molecule has 4 bridgehead atoms. The summed E-state index contributed by atoms with van der Waals surface area (Å²) >= 11 is 0. The molecule has 7 rings (SSSR count). The highest BCUT2D eigenvalue weighted by Gasteiger charge is 2.62. The van der Waals surface area contributed by atoms with E-state index in [4.69, 9.17) is 19.2 Å². The molecule has 1 unspecified atom stereocenters. The van der Waals surface area contributed by atoms with Crippen LogP contribution in [0, 0.1) is 11.8 Å². The fourth-order valence-electron chi connectivity index (χ4n) is 8.64. The predicted molar refractivity (Wildman–Crippen MR) is 220 cm³/mol. The van der Waals surface area contributed by atoms with E-state index in [1.54, 1.807) is 31.7 Å². The van der Waals surface area contributed by atoms with Crippen molar-refractivity contribution in [2.24, 2.45) is 11.8 Å². The summed E-state index contributed by atoms with van der Waals surface area (Å²) in [6, 6.07) is 15.5. The molecule has 14 nitrogen and oxygen atoms in total. The number of piperidine rings is 1. The second-order valence-electron chi connectivity index (χ2n) is 17.3. The summed E-state index contributed by atoms with van der Waals surface area (Å²) in [6.45, 7) is 9.88. The number of ether oxygens (including phenoxy) is 3. The van der Waals surface area contributed by atoms with Gasteiger partial charge in [-0.1, -0.05) is 42.5 Å². The molecule has 3 N–H and O–H groups in total. The number of cyclic esters (lactones) is 1. The Morgan fingerprint density at radius 2 is 1.83 bits per heavy atom. The molecule has 1 saturated carbocycles. The number of aliphatic carboxylic acids is 1. The Kier molecular flexibility index (Phi) is 12.2. The lowest BCUT2D eigenvalue weighted by atomic mass is 9.88. The highest BCUT2D eigenvalue weighted by atomic mass is 16.6. The van der Waals surface area contributed by atoms with Gasteiger partial charge in [0.1, 0.15) is 35.1 Å². The van der Waals surface area contributed by atoms with Crippen LogP contribution in [0.15, 0.2) is 67.3 Å². The molecule has 0 radical (unpaired) electrons. The number of rotatable bonds is 7. The Morgan fingerprint density at radius 3 is 2.54 bits per heavy atom. The van der Waals surface area contributed by atoms with E-state index >= 15 is 0 Å². The average molecular weight is 810 g/mol. The Labute approximate surface area is 344 Å². The third-order valence-electron chi connectivity index (χ3n) is 11.9. The number of aromatic nitrogens is 1. The molecule has 2 saturated heterocycles. The van der Waals surface area contributed by atoms with E-state index in [0.29, 0.717) is 50.2 Å². The van der Waals surface area contributed by atoms with Crippen LogP contribution in [-0.4, -0.2) is 105 Å². The zero-order chi connectivity index (χ0) is 41.9. The maximum atomic E-state index is 15.0. The topological polar surface area (TPSA) is 177 Å². The summed E-state index contributed by atoms with van der Waals surface area (Å²) in [6.07, 6.45) is 4.29. The molecule has 3 aromatic rings. The molecule has 5 atom stereocenters. The summed E-state index contributed by atoms with van der Waals surface area (Å²) in [5, 5.41) is 16.7. The summed E-state index contributed by atoms with van der Waals surface area (Å²) < 4.78 is 18.0. The zero-order valence-electron chi connectivity index (χ0n) is 34.1. The van der Waals surface area contributed by atoms with Crippen molar-refractivity contribution < 1.29 is 43.3 Å². The van der Waals surface area contributed by atoms with Crippen LogP contribution in [0.2, 0.25) is 0 Å². The standard InChI is InChI=1S/C45H55N5O9/c1-5-12-31-26-45(31,41(53)54)48-39(51)36-24-32-27-50(36)40(52)38(30-18-20-49(21-19-30)43(56)59-44(2,3)4)47-42(55)57-22-11-7-8-13-28-16-17-34-33(23-28)37(58-32)25-35(46-34)29-14-9-6-10-15-29/h5-6,9-10,14-17,23,25,30-32,36,38H,1,7-8,11-13,18-22,24,26-27H2,2-4H3,(H,47,55)(H,48,51)(H,53,54)/t31-,32-,36+,38?,45-/m1/s1. The van der Waals surface area contributed by atoms with Gasteiger partial charge in [-0.25, -0.2) is 19.4 Å². The van der Waals surface area contributed by atoms with E-state index in [-0.39, 0.29) is 31.9 Å². The van der Waals surface area contributed by atoms with Crippen molar-refractivity contribution in [3.8, 4) is 17.0 Å². The summed E-state index contributed by atoms with van der Waals surface area (Å²) in [7, 11) is 0. The molecule has 314 valence electrons. The predicted octanol–water partition coefficient (Wildman–Crippen LogP) is 6.25. The lowest BCUT2D eigenvalue weighted by Gasteiger charge is -2.38. The van der Waals surface area contributed by atoms with Crippen LogP contribution in [-0.2, 0) is 30.3 Å². The first kappa shape index (κ1) is 41.5. The van der Waals surface area contributed by atoms with Crippen molar-refractivity contribution in [1.29, 1.82) is 0 Å². The number of hydrogen-bond donors (Lipinski definition) is 3. The minimum absolute atomic E-state index is 0.0127. The van der Waals surface area contributed by atoms with Gasteiger partial charge in [0.05, 0.1) is 24.4 Å². The lowest BCUT2D eigenvalue weighted by molar-refractivity contribution is -0.146. The number of aryl methyl sites for hydroxylation is 1. The maximum Gasteiger partial charge on any atom is 0.410 e. The van der Waals surface area contributed by atoms with E-state index < -0.39 is 65.2 Å². The minimum Gasteiger partial charge on any atom is -0.488 e. The lowest BCUT2D eigenvalue weighted by Crippen LogP contribution is -2.59. The first-order chi connectivity index (χ1) is 28.2. The summed E-state index contributed by atoms with van der Waals surface area (Å²) in [5.41, 5.74) is 1.26. The number of amides is 4. The number of allylic oxidation sites excluding steroid dienone is 1. The Hall–Kier alpha value is -5.66. The maximum absolute atomic E-state index is 15.0. The molecule has 4 amide bonds. The van der Waals surface area contributed by atoms with Crippen molar-refractivity contribution in [2.45, 2.75) is 108 Å². The monoisotopic (exact) mass is 809 g/mol. The fraction of sp³-hybridized carbons (Fsp3) is 0.511. The number of nitrogens with zero attached hydrogens (tertiary/aromatic N) is 3. The number of nitrogens with one attached hydrogen (secondary N) is 2. The van der Waals surface area contributed by atoms with Gasteiger partial charge >= 0.3 is 18.2 Å². The van der Waals surface area contributed by atoms with Gasteiger partial charge in [-0.15, -0.1) is 6.58 Å². The summed E-state index contributed by atoms with van der Waals surface area (Å²) in [4.78, 5) is 76.3. The molecule has 3 aliphatic heterocycles. The average Bonchev–Trinajstić information content (AvgIpc) is 3.73. The van der Waals surface area contributed by atoms with Crippen molar-refractivity contribution >= 4 is 40.9 Å². The van der Waals surface area contributed by atoms with Crippen LogP contribution in [0.5, 0.6) is 5.75 Å². The minimum atomic E-state index is -1.48. The van der Waals surface area contributed by atoms with Gasteiger partial charge in [0.25, 0.3) is 0 Å². The van der Waals surface area contributed by atoms with Crippen LogP contribution in [0.25, 0.3) is 22.2 Å². The van der Waals surface area contributed by atoms with Crippen molar-refractivity contribution in [3.63, 3.8) is 0 Å². The van der Waals surface area contributed by atoms with E-state index in [1.807, 2.05) is 42.5 Å². The van der Waals surface area contributed by atoms with Gasteiger partial charge in [-0.3, -0.25) is 9.59 Å². The first-order valence-corrected chi connectivity index (χ1v) is 20.8. The van der Waals surface area contributed by atoms with Crippen LogP contribution >= 0.6 is 0 Å². The van der Waals surface area contributed by atoms with Crippen LogP contribution < -0.4 is 15.4 Å². The number of alkyl carbamates (subject to hydrolysis) is 1. The number of fused-ring (bicyclic) bond motifs is 3. The number of carbonyl (C=O) groups is 5. The molecule has 4 heterocycles. The summed E-state index contributed by atoms with van der Waals surface area (Å²) in [5.74, 6) is -2.47. The van der Waals surface area contributed by atoms with E-state index in [0.717, 1.165) is 41.3 Å². The Bertz CT molecular complexity index is 2080. The number of hydrogen-bond acceptors (Lipinski definition) is 9. The molecular formula is C45H55N5O9. The number of benzene rings is 2. The quantitative estimate of drug-likeness (QED) is 0.231. The molecule has 3 fully saturated rings. The first-order valence-electron chi connectivity index (χ1n) is 20.8. The van der Waals surface area contributed by atoms with Crippen LogP contribution in [0.4, 0.5) is 9.59 Å². The van der Waals surface area contributed by atoms with Gasteiger partial charge in [0, 0.05) is 36.5 Å². The van der Waals surface area contributed by atoms with Gasteiger partial charge < -0.3 is 39.8 Å². The smallest absolute Gasteiger partial charge is 0.410 e. The number of carboxylic acid groups (broad SMARTS) is 1. The SMILES string of the molecule is C=CC[C@@H]1C[C@]1(NC(=O)[C@@H]1C[C@@H]2CN1C(=O)C(C1CCN(C(=O)OC(C)(C)C)CC1)NC(=O)OCCCCCc1ccc3nc(-c4ccccc4)cc(c3c1)O2)C(=O)O. The number of likely N-dealkylation sites (tertiary alicyclic amines) is 1. The second kappa shape index (κ2) is 17.3. The van der Waals surface area contributed by atoms with Crippen molar-refractivity contribution in [1.82, 2.24) is 25.4 Å². The van der Waals surface area contributed by atoms with Crippen molar-refractivity contribution in [3.05, 3.63) is 72.8 Å². The molecule has 4 aliphatic rings. The third-order valence-corrected chi connectivity index (χ3v) is 11.9. The van der Waals surface area contributed by atoms with Gasteiger partial charge in [-0.2, -0.15) is 0 Å². The molecule has 1 aromatic heterocycles. The largest absolute Gasteiger partial charge is 0.488 e. The van der Waals surface area contributed by atoms with E-state index in [1.165, 1.54) is 4.90 Å². The normalized spacial score (nSPS) is 25.5. The number of pyridine rings is 1. The molecule has 2 aromatic carbocycles. The molecule has 59 heavy (non-hydrogen) atoms. The molecule has 14 heteroatoms. The second-order valence-corrected chi connectivity index (χ2v) is 17.3. The Morgan fingerprint density at radius 1 is 1.07 bits per heavy atom. The number of carbonyl (C=O) groups excluding carboxylic acids is 4. The van der Waals surface area contributed by atoms with Crippen LogP contribution in [0.1, 0.15) is 77.7 Å².